The van der Waals surface area contributed by atoms with Gasteiger partial charge in [0.1, 0.15) is 6.17 Å². The fourth-order valence-corrected chi connectivity index (χ4v) is 4.15. The molecule has 0 radical (unpaired) electrons. The summed E-state index contributed by atoms with van der Waals surface area (Å²) in [7, 11) is 0. The van der Waals surface area contributed by atoms with E-state index in [0.717, 1.165) is 20.7 Å². The second-order valence-electron chi connectivity index (χ2n) is 6.76. The minimum atomic E-state index is -0.959. The van der Waals surface area contributed by atoms with Crippen molar-refractivity contribution in [2.45, 2.75) is 32.5 Å². The average molecular weight is 385 g/mol. The topological polar surface area (TPSA) is 71.0 Å². The van der Waals surface area contributed by atoms with Gasteiger partial charge in [-0.3, -0.25) is 9.78 Å². The molecule has 0 bridgehead atoms. The maximum Gasteiger partial charge on any atom is 0.274 e. The maximum atomic E-state index is 13.6. The predicted octanol–water partition coefficient (Wildman–Crippen LogP) is 3.75. The first-order chi connectivity index (χ1) is 13.0. The van der Waals surface area contributed by atoms with Gasteiger partial charge in [0, 0.05) is 23.8 Å². The van der Waals surface area contributed by atoms with Gasteiger partial charge in [-0.1, -0.05) is 6.07 Å². The molecule has 0 saturated carbocycles. The molecule has 0 unspecified atom stereocenters. The SMILES string of the molecule is Cc1cc2nc(N[C@@H](C)c3cccnc3)nc(C(=O)N3CC[C@@H](F)C3)c2s1. The smallest absolute Gasteiger partial charge is 0.274 e. The Hall–Kier alpha value is -2.61. The van der Waals surface area contributed by atoms with Crippen LogP contribution in [-0.2, 0) is 0 Å². The van der Waals surface area contributed by atoms with Gasteiger partial charge >= 0.3 is 0 Å². The number of carbonyl (C=O) groups is 1. The number of nitrogens with zero attached hydrogens (tertiary/aromatic N) is 4. The summed E-state index contributed by atoms with van der Waals surface area (Å²) in [5.74, 6) is 0.150. The Kier molecular flexibility index (Phi) is 4.73. The maximum absolute atomic E-state index is 13.6. The molecule has 27 heavy (non-hydrogen) atoms. The van der Waals surface area contributed by atoms with Crippen LogP contribution in [0.5, 0.6) is 0 Å². The van der Waals surface area contributed by atoms with Crippen LogP contribution in [0.15, 0.2) is 30.6 Å². The van der Waals surface area contributed by atoms with E-state index in [2.05, 4.69) is 20.3 Å². The molecule has 1 amide bonds. The first-order valence-corrected chi connectivity index (χ1v) is 9.71. The van der Waals surface area contributed by atoms with Crippen LogP contribution >= 0.6 is 11.3 Å². The van der Waals surface area contributed by atoms with E-state index in [4.69, 9.17) is 0 Å². The molecule has 140 valence electrons. The van der Waals surface area contributed by atoms with E-state index in [1.54, 1.807) is 12.4 Å². The van der Waals surface area contributed by atoms with Gasteiger partial charge in [0.05, 0.1) is 22.8 Å². The standard InChI is InChI=1S/C19H20FN5OS/c1-11-8-15-17(27-11)16(18(26)25-7-5-14(20)10-25)24-19(23-15)22-12(2)13-4-3-6-21-9-13/h3-4,6,8-9,12,14H,5,7,10H2,1-2H3,(H,22,23,24)/t12-,14+/m0/s1. The summed E-state index contributed by atoms with van der Waals surface area (Å²) in [4.78, 5) is 28.8. The van der Waals surface area contributed by atoms with Crippen molar-refractivity contribution in [3.8, 4) is 0 Å². The largest absolute Gasteiger partial charge is 0.348 e. The van der Waals surface area contributed by atoms with Crippen molar-refractivity contribution >= 4 is 33.4 Å². The quantitative estimate of drug-likeness (QED) is 0.741. The van der Waals surface area contributed by atoms with Crippen molar-refractivity contribution in [2.75, 3.05) is 18.4 Å². The number of halogens is 1. The van der Waals surface area contributed by atoms with E-state index in [1.807, 2.05) is 32.0 Å². The van der Waals surface area contributed by atoms with Crippen LogP contribution in [0.25, 0.3) is 10.2 Å². The van der Waals surface area contributed by atoms with E-state index in [9.17, 15) is 9.18 Å². The first kappa shape index (κ1) is 17.8. The lowest BCUT2D eigenvalue weighted by Crippen LogP contribution is -2.30. The number of pyridine rings is 1. The number of thiophene rings is 1. The molecule has 1 aliphatic heterocycles. The number of hydrogen-bond donors (Lipinski definition) is 1. The number of amides is 1. The molecule has 1 saturated heterocycles. The minimum absolute atomic E-state index is 0.0687. The molecule has 8 heteroatoms. The Morgan fingerprint density at radius 1 is 1.44 bits per heavy atom. The Bertz CT molecular complexity index is 977. The summed E-state index contributed by atoms with van der Waals surface area (Å²) < 4.78 is 14.3. The number of anilines is 1. The average Bonchev–Trinajstić information content (AvgIpc) is 3.26. The van der Waals surface area contributed by atoms with Crippen molar-refractivity contribution in [1.29, 1.82) is 0 Å². The highest BCUT2D eigenvalue weighted by Crippen LogP contribution is 2.30. The molecular formula is C19H20FN5OS. The van der Waals surface area contributed by atoms with E-state index < -0.39 is 6.17 Å². The predicted molar refractivity (Wildman–Crippen MR) is 104 cm³/mol. The fourth-order valence-electron chi connectivity index (χ4n) is 3.22. The molecule has 3 aromatic rings. The molecule has 4 heterocycles. The lowest BCUT2D eigenvalue weighted by Gasteiger charge is -2.17. The second kappa shape index (κ2) is 7.19. The highest BCUT2D eigenvalue weighted by Gasteiger charge is 2.29. The molecule has 6 nitrogen and oxygen atoms in total. The fraction of sp³-hybridized carbons (Fsp3) is 0.368. The lowest BCUT2D eigenvalue weighted by molar-refractivity contribution is 0.0779. The zero-order valence-corrected chi connectivity index (χ0v) is 16.0. The molecule has 0 aliphatic carbocycles. The van der Waals surface area contributed by atoms with Gasteiger partial charge in [-0.05, 0) is 38.0 Å². The monoisotopic (exact) mass is 385 g/mol. The summed E-state index contributed by atoms with van der Waals surface area (Å²) in [6.07, 6.45) is 2.92. The zero-order chi connectivity index (χ0) is 19.0. The number of fused-ring (bicyclic) bond motifs is 1. The van der Waals surface area contributed by atoms with Crippen molar-refractivity contribution in [2.24, 2.45) is 0 Å². The van der Waals surface area contributed by atoms with Gasteiger partial charge in [0.2, 0.25) is 5.95 Å². The van der Waals surface area contributed by atoms with Crippen molar-refractivity contribution in [1.82, 2.24) is 19.9 Å². The number of hydrogen-bond acceptors (Lipinski definition) is 6. The summed E-state index contributed by atoms with van der Waals surface area (Å²) >= 11 is 1.49. The highest BCUT2D eigenvalue weighted by atomic mass is 32.1. The van der Waals surface area contributed by atoms with Gasteiger partial charge in [-0.25, -0.2) is 14.4 Å². The molecule has 1 aliphatic rings. The van der Waals surface area contributed by atoms with Gasteiger partial charge in [-0.15, -0.1) is 11.3 Å². The third-order valence-corrected chi connectivity index (χ3v) is 5.69. The first-order valence-electron chi connectivity index (χ1n) is 8.89. The Balaban J connectivity index is 1.69. The van der Waals surface area contributed by atoms with Crippen molar-refractivity contribution in [3.63, 3.8) is 0 Å². The molecule has 0 aromatic carbocycles. The van der Waals surface area contributed by atoms with Crippen molar-refractivity contribution < 1.29 is 9.18 Å². The number of aryl methyl sites for hydroxylation is 1. The molecule has 0 spiro atoms. The van der Waals surface area contributed by atoms with Gasteiger partial charge in [0.25, 0.3) is 5.91 Å². The highest BCUT2D eigenvalue weighted by molar-refractivity contribution is 7.19. The minimum Gasteiger partial charge on any atom is -0.348 e. The molecule has 1 fully saturated rings. The van der Waals surface area contributed by atoms with Crippen LogP contribution in [-0.4, -0.2) is 45.0 Å². The van der Waals surface area contributed by atoms with Crippen molar-refractivity contribution in [3.05, 3.63) is 46.7 Å². The Labute approximate surface area is 160 Å². The summed E-state index contributed by atoms with van der Waals surface area (Å²) in [6.45, 7) is 4.51. The number of rotatable bonds is 4. The number of likely N-dealkylation sites (tertiary alicyclic amines) is 1. The normalized spacial score (nSPS) is 18.0. The Morgan fingerprint density at radius 3 is 3.00 bits per heavy atom. The van der Waals surface area contributed by atoms with Crippen LogP contribution in [0.1, 0.15) is 40.3 Å². The van der Waals surface area contributed by atoms with Crippen LogP contribution in [0.4, 0.5) is 10.3 Å². The van der Waals surface area contributed by atoms with Gasteiger partial charge < -0.3 is 10.2 Å². The van der Waals surface area contributed by atoms with Crippen LogP contribution in [0, 0.1) is 6.92 Å². The molecule has 2 atom stereocenters. The molecular weight excluding hydrogens is 365 g/mol. The third kappa shape index (κ3) is 3.62. The van der Waals surface area contributed by atoms with E-state index in [1.165, 1.54) is 16.2 Å². The molecule has 4 rings (SSSR count). The van der Waals surface area contributed by atoms with E-state index in [0.29, 0.717) is 24.6 Å². The lowest BCUT2D eigenvalue weighted by atomic mass is 10.1. The summed E-state index contributed by atoms with van der Waals surface area (Å²) in [5, 5.41) is 3.25. The second-order valence-corrected chi connectivity index (χ2v) is 8.01. The van der Waals surface area contributed by atoms with Crippen LogP contribution in [0.2, 0.25) is 0 Å². The number of carbonyl (C=O) groups excluding carboxylic acids is 1. The Morgan fingerprint density at radius 2 is 2.30 bits per heavy atom. The summed E-state index contributed by atoms with van der Waals surface area (Å²) in [6, 6.07) is 5.71. The van der Waals surface area contributed by atoms with E-state index in [-0.39, 0.29) is 18.5 Å². The molecule has 3 aromatic heterocycles. The van der Waals surface area contributed by atoms with E-state index >= 15 is 0 Å². The van der Waals surface area contributed by atoms with Crippen LogP contribution < -0.4 is 5.32 Å². The number of nitrogens with one attached hydrogen (secondary N) is 1. The zero-order valence-electron chi connectivity index (χ0n) is 15.1. The van der Waals surface area contributed by atoms with Crippen LogP contribution in [0.3, 0.4) is 0 Å². The number of alkyl halides is 1. The van der Waals surface area contributed by atoms with Gasteiger partial charge in [0.15, 0.2) is 5.69 Å². The van der Waals surface area contributed by atoms with Gasteiger partial charge in [-0.2, -0.15) is 0 Å². The molecule has 1 N–H and O–H groups in total. The summed E-state index contributed by atoms with van der Waals surface area (Å²) in [5.41, 5.74) is 2.07. The third-order valence-electron chi connectivity index (χ3n) is 4.65. The number of aromatic nitrogens is 3.